The minimum absolute atomic E-state index is 0.0147. The summed E-state index contributed by atoms with van der Waals surface area (Å²) < 4.78 is 5.69. The van der Waals surface area contributed by atoms with E-state index in [9.17, 15) is 4.79 Å². The monoisotopic (exact) mass is 360 g/mol. The summed E-state index contributed by atoms with van der Waals surface area (Å²) in [5.41, 5.74) is 4.17. The summed E-state index contributed by atoms with van der Waals surface area (Å²) in [6.07, 6.45) is 0. The molecule has 0 spiro atoms. The molecule has 25 heavy (non-hydrogen) atoms. The van der Waals surface area contributed by atoms with E-state index in [1.54, 1.807) is 0 Å². The number of hydrogen-bond acceptors (Lipinski definition) is 3. The van der Waals surface area contributed by atoms with Crippen LogP contribution < -0.4 is 10.1 Å². The molecule has 0 saturated carbocycles. The molecule has 0 fully saturated rings. The van der Waals surface area contributed by atoms with E-state index in [0.29, 0.717) is 17.3 Å². The normalized spacial score (nSPS) is 10.8. The average molecular weight is 361 g/mol. The van der Waals surface area contributed by atoms with E-state index in [0.717, 1.165) is 23.2 Å². The standard InChI is InChI=1S/C20H25ClN2O2/c1-14-9-18(21)10-15(2)20(14)25-13-19(24)22-11-16-7-5-6-8-17(16)12-23(3)4/h5-10H,11-13H2,1-4H3,(H,22,24). The van der Waals surface area contributed by atoms with Crippen LogP contribution in [0.2, 0.25) is 5.02 Å². The average Bonchev–Trinajstić information content (AvgIpc) is 2.52. The molecule has 134 valence electrons. The lowest BCUT2D eigenvalue weighted by Gasteiger charge is -2.15. The zero-order chi connectivity index (χ0) is 18.4. The molecule has 0 saturated heterocycles. The van der Waals surface area contributed by atoms with E-state index in [-0.39, 0.29) is 12.5 Å². The quantitative estimate of drug-likeness (QED) is 0.818. The van der Waals surface area contributed by atoms with Gasteiger partial charge in [0.2, 0.25) is 0 Å². The van der Waals surface area contributed by atoms with Gasteiger partial charge in [0, 0.05) is 18.1 Å². The van der Waals surface area contributed by atoms with Crippen molar-refractivity contribution < 1.29 is 9.53 Å². The molecule has 5 heteroatoms. The maximum atomic E-state index is 12.1. The van der Waals surface area contributed by atoms with Gasteiger partial charge in [-0.3, -0.25) is 4.79 Å². The molecule has 0 aliphatic carbocycles. The summed E-state index contributed by atoms with van der Waals surface area (Å²) in [5, 5.41) is 3.60. The third-order valence-corrected chi connectivity index (χ3v) is 4.07. The molecule has 0 aliphatic rings. The Bertz CT molecular complexity index is 721. The number of nitrogens with one attached hydrogen (secondary N) is 1. The minimum atomic E-state index is -0.145. The number of amides is 1. The van der Waals surface area contributed by atoms with E-state index in [4.69, 9.17) is 16.3 Å². The second-order valence-corrected chi connectivity index (χ2v) is 6.88. The summed E-state index contributed by atoms with van der Waals surface area (Å²) in [5.74, 6) is 0.570. The molecule has 4 nitrogen and oxygen atoms in total. The topological polar surface area (TPSA) is 41.6 Å². The van der Waals surface area contributed by atoms with Crippen LogP contribution in [0.15, 0.2) is 36.4 Å². The Morgan fingerprint density at radius 3 is 2.32 bits per heavy atom. The first-order valence-corrected chi connectivity index (χ1v) is 8.62. The molecule has 0 unspecified atom stereocenters. The Kier molecular flexibility index (Phi) is 6.85. The van der Waals surface area contributed by atoms with Crippen molar-refractivity contribution in [2.45, 2.75) is 26.9 Å². The molecule has 2 aromatic rings. The molecule has 0 heterocycles. The van der Waals surface area contributed by atoms with Crippen molar-refractivity contribution in [2.75, 3.05) is 20.7 Å². The SMILES string of the molecule is Cc1cc(Cl)cc(C)c1OCC(=O)NCc1ccccc1CN(C)C. The van der Waals surface area contributed by atoms with Crippen LogP contribution in [0.4, 0.5) is 0 Å². The minimum Gasteiger partial charge on any atom is -0.483 e. The number of carbonyl (C=O) groups is 1. The summed E-state index contributed by atoms with van der Waals surface area (Å²) in [7, 11) is 4.06. The highest BCUT2D eigenvalue weighted by molar-refractivity contribution is 6.30. The van der Waals surface area contributed by atoms with Gasteiger partial charge in [-0.25, -0.2) is 0 Å². The number of rotatable bonds is 7. The fourth-order valence-corrected chi connectivity index (χ4v) is 3.06. The van der Waals surface area contributed by atoms with Gasteiger partial charge in [0.15, 0.2) is 6.61 Å². The van der Waals surface area contributed by atoms with Gasteiger partial charge in [-0.2, -0.15) is 0 Å². The Morgan fingerprint density at radius 1 is 1.12 bits per heavy atom. The lowest BCUT2D eigenvalue weighted by molar-refractivity contribution is -0.123. The molecule has 1 N–H and O–H groups in total. The summed E-state index contributed by atoms with van der Waals surface area (Å²) in [6.45, 7) is 5.16. The maximum Gasteiger partial charge on any atom is 0.258 e. The van der Waals surface area contributed by atoms with Crippen LogP contribution in [0.5, 0.6) is 5.75 Å². The predicted molar refractivity (Wildman–Crippen MR) is 102 cm³/mol. The molecule has 0 atom stereocenters. The van der Waals surface area contributed by atoms with Crippen molar-refractivity contribution >= 4 is 17.5 Å². The molecule has 0 aromatic heterocycles. The maximum absolute atomic E-state index is 12.1. The van der Waals surface area contributed by atoms with Crippen molar-refractivity contribution in [1.82, 2.24) is 10.2 Å². The summed E-state index contributed by atoms with van der Waals surface area (Å²) in [4.78, 5) is 14.2. The van der Waals surface area contributed by atoms with Gasteiger partial charge < -0.3 is 15.0 Å². The highest BCUT2D eigenvalue weighted by atomic mass is 35.5. The van der Waals surface area contributed by atoms with E-state index in [1.165, 1.54) is 5.56 Å². The molecule has 0 aliphatic heterocycles. The van der Waals surface area contributed by atoms with Crippen LogP contribution >= 0.6 is 11.6 Å². The van der Waals surface area contributed by atoms with Crippen molar-refractivity contribution in [1.29, 1.82) is 0 Å². The van der Waals surface area contributed by atoms with Crippen LogP contribution in [-0.4, -0.2) is 31.5 Å². The highest BCUT2D eigenvalue weighted by Crippen LogP contribution is 2.26. The van der Waals surface area contributed by atoms with Crippen LogP contribution in [0, 0.1) is 13.8 Å². The van der Waals surface area contributed by atoms with Crippen LogP contribution in [0.1, 0.15) is 22.3 Å². The van der Waals surface area contributed by atoms with Crippen molar-refractivity contribution in [3.05, 3.63) is 63.7 Å². The number of hydrogen-bond donors (Lipinski definition) is 1. The Balaban J connectivity index is 1.92. The number of nitrogens with zero attached hydrogens (tertiary/aromatic N) is 1. The van der Waals surface area contributed by atoms with Crippen LogP contribution in [0.3, 0.4) is 0 Å². The van der Waals surface area contributed by atoms with Gasteiger partial charge in [-0.15, -0.1) is 0 Å². The predicted octanol–water partition coefficient (Wildman–Crippen LogP) is 3.71. The molecule has 2 rings (SSSR count). The van der Waals surface area contributed by atoms with E-state index >= 15 is 0 Å². The van der Waals surface area contributed by atoms with Gasteiger partial charge in [-0.05, 0) is 62.3 Å². The summed E-state index contributed by atoms with van der Waals surface area (Å²) >= 11 is 6.01. The first-order valence-electron chi connectivity index (χ1n) is 8.24. The van der Waals surface area contributed by atoms with E-state index in [1.807, 2.05) is 58.3 Å². The zero-order valence-electron chi connectivity index (χ0n) is 15.2. The zero-order valence-corrected chi connectivity index (χ0v) is 16.0. The second kappa shape index (κ2) is 8.88. The third kappa shape index (κ3) is 5.76. The lowest BCUT2D eigenvalue weighted by atomic mass is 10.1. The van der Waals surface area contributed by atoms with Gasteiger partial charge in [0.1, 0.15) is 5.75 Å². The largest absolute Gasteiger partial charge is 0.483 e. The Morgan fingerprint density at radius 2 is 1.72 bits per heavy atom. The molecule has 1 amide bonds. The van der Waals surface area contributed by atoms with Crippen molar-refractivity contribution in [3.8, 4) is 5.75 Å². The molecule has 0 bridgehead atoms. The van der Waals surface area contributed by atoms with Gasteiger partial charge in [0.25, 0.3) is 5.91 Å². The fourth-order valence-electron chi connectivity index (χ4n) is 2.73. The third-order valence-electron chi connectivity index (χ3n) is 3.85. The molecule has 0 radical (unpaired) electrons. The second-order valence-electron chi connectivity index (χ2n) is 6.44. The fraction of sp³-hybridized carbons (Fsp3) is 0.350. The highest BCUT2D eigenvalue weighted by Gasteiger charge is 2.10. The van der Waals surface area contributed by atoms with E-state index in [2.05, 4.69) is 16.3 Å². The molecule has 2 aromatic carbocycles. The van der Waals surface area contributed by atoms with Crippen molar-refractivity contribution in [2.24, 2.45) is 0 Å². The number of ether oxygens (including phenoxy) is 1. The van der Waals surface area contributed by atoms with Crippen molar-refractivity contribution in [3.63, 3.8) is 0 Å². The molecular formula is C20H25ClN2O2. The van der Waals surface area contributed by atoms with Gasteiger partial charge >= 0.3 is 0 Å². The Hall–Kier alpha value is -2.04. The summed E-state index contributed by atoms with van der Waals surface area (Å²) in [6, 6.07) is 11.8. The number of halogens is 1. The number of carbonyl (C=O) groups excluding carboxylic acids is 1. The number of benzene rings is 2. The lowest BCUT2D eigenvalue weighted by Crippen LogP contribution is -2.29. The smallest absolute Gasteiger partial charge is 0.258 e. The van der Waals surface area contributed by atoms with Gasteiger partial charge in [0.05, 0.1) is 0 Å². The van der Waals surface area contributed by atoms with Crippen LogP contribution in [-0.2, 0) is 17.9 Å². The van der Waals surface area contributed by atoms with Gasteiger partial charge in [-0.1, -0.05) is 35.9 Å². The number of aryl methyl sites for hydroxylation is 2. The van der Waals surface area contributed by atoms with Crippen LogP contribution in [0.25, 0.3) is 0 Å². The van der Waals surface area contributed by atoms with E-state index < -0.39 is 0 Å². The first-order chi connectivity index (χ1) is 11.9. The molecular weight excluding hydrogens is 336 g/mol. The Labute approximate surface area is 154 Å². The first kappa shape index (κ1) is 19.3.